The number of aliphatic hydroxyl groups excluding tert-OH is 2. The van der Waals surface area contributed by atoms with Gasteiger partial charge in [0.2, 0.25) is 5.95 Å². The van der Waals surface area contributed by atoms with E-state index >= 15 is 0 Å². The molecule has 35 heavy (non-hydrogen) atoms. The average Bonchev–Trinajstić information content (AvgIpc) is 2.81. The lowest BCUT2D eigenvalue weighted by Crippen LogP contribution is -2.29. The molecule has 7 nitrogen and oxygen atoms in total. The molecular formula is C25H25F3N4O3. The minimum Gasteiger partial charge on any atom is -0.394 e. The Hall–Kier alpha value is -3.76. The monoisotopic (exact) mass is 486 g/mol. The van der Waals surface area contributed by atoms with Crippen LogP contribution in [0, 0.1) is 0 Å². The fourth-order valence-corrected chi connectivity index (χ4v) is 3.42. The van der Waals surface area contributed by atoms with Crippen molar-refractivity contribution in [2.45, 2.75) is 26.1 Å². The van der Waals surface area contributed by atoms with Gasteiger partial charge >= 0.3 is 6.18 Å². The molecule has 3 aromatic rings. The molecule has 0 radical (unpaired) electrons. The van der Waals surface area contributed by atoms with Gasteiger partial charge in [-0.15, -0.1) is 0 Å². The third-order valence-corrected chi connectivity index (χ3v) is 5.00. The Bertz CT molecular complexity index is 1340. The first-order chi connectivity index (χ1) is 16.6. The van der Waals surface area contributed by atoms with E-state index in [1.165, 1.54) is 22.8 Å². The number of aromatic nitrogens is 3. The van der Waals surface area contributed by atoms with E-state index in [9.17, 15) is 28.2 Å². The standard InChI is InChI=1S/C25H25F3N4O3/c1-4-5-16(12-15(2)3)22-20-10-11-21(35)32(19-8-6-17(7-9-19)25(26,27)28)23(20)31-24(30-22)29-18(13-33)14-34/h4-12,18,33-34H,2,13-14H2,1,3H3,(H,29,30,31)/b5-4-,16-12+. The molecular weight excluding hydrogens is 461 g/mol. The van der Waals surface area contributed by atoms with Crippen LogP contribution in [-0.4, -0.2) is 44.0 Å². The fraction of sp³-hybridized carbons (Fsp3) is 0.240. The minimum atomic E-state index is -4.52. The first-order valence-corrected chi connectivity index (χ1v) is 10.7. The van der Waals surface area contributed by atoms with E-state index < -0.39 is 36.6 Å². The van der Waals surface area contributed by atoms with Crippen LogP contribution in [0.4, 0.5) is 19.1 Å². The second kappa shape index (κ2) is 10.7. The summed E-state index contributed by atoms with van der Waals surface area (Å²) in [5, 5.41) is 22.3. The predicted octanol–water partition coefficient (Wildman–Crippen LogP) is 4.10. The number of halogens is 3. The van der Waals surface area contributed by atoms with Crippen LogP contribution in [0.25, 0.3) is 22.3 Å². The molecule has 0 aliphatic rings. The van der Waals surface area contributed by atoms with Gasteiger partial charge in [0.15, 0.2) is 5.65 Å². The van der Waals surface area contributed by atoms with Crippen molar-refractivity contribution < 1.29 is 23.4 Å². The topological polar surface area (TPSA) is 100 Å². The first kappa shape index (κ1) is 25.9. The maximum absolute atomic E-state index is 13.1. The van der Waals surface area contributed by atoms with Gasteiger partial charge in [-0.05, 0) is 44.2 Å². The molecule has 184 valence electrons. The maximum Gasteiger partial charge on any atom is 0.416 e. The van der Waals surface area contributed by atoms with Crippen LogP contribution in [0.3, 0.4) is 0 Å². The second-order valence-corrected chi connectivity index (χ2v) is 7.84. The molecule has 0 unspecified atom stereocenters. The lowest BCUT2D eigenvalue weighted by molar-refractivity contribution is -0.137. The van der Waals surface area contributed by atoms with Crippen LogP contribution in [0.5, 0.6) is 0 Å². The Balaban J connectivity index is 2.36. The van der Waals surface area contributed by atoms with Gasteiger partial charge < -0.3 is 15.5 Å². The molecule has 0 aliphatic carbocycles. The molecule has 3 rings (SSSR count). The van der Waals surface area contributed by atoms with Crippen molar-refractivity contribution in [2.75, 3.05) is 18.5 Å². The molecule has 3 N–H and O–H groups in total. The summed E-state index contributed by atoms with van der Waals surface area (Å²) in [6, 6.07) is 6.23. The Morgan fingerprint density at radius 1 is 1.14 bits per heavy atom. The van der Waals surface area contributed by atoms with E-state index in [1.54, 1.807) is 31.2 Å². The molecule has 1 aromatic carbocycles. The van der Waals surface area contributed by atoms with Crippen molar-refractivity contribution >= 4 is 22.6 Å². The molecule has 0 spiro atoms. The molecule has 0 saturated carbocycles. The maximum atomic E-state index is 13.1. The number of nitrogens with one attached hydrogen (secondary N) is 1. The van der Waals surface area contributed by atoms with E-state index in [0.29, 0.717) is 16.7 Å². The summed E-state index contributed by atoms with van der Waals surface area (Å²) in [4.78, 5) is 21.9. The van der Waals surface area contributed by atoms with Gasteiger partial charge in [-0.25, -0.2) is 4.98 Å². The van der Waals surface area contributed by atoms with E-state index in [4.69, 9.17) is 0 Å². The zero-order valence-corrected chi connectivity index (χ0v) is 19.2. The molecule has 10 heteroatoms. The fourth-order valence-electron chi connectivity index (χ4n) is 3.42. The van der Waals surface area contributed by atoms with Crippen molar-refractivity contribution in [3.05, 3.63) is 88.4 Å². The minimum absolute atomic E-state index is 0.0176. The molecule has 0 fully saturated rings. The summed E-state index contributed by atoms with van der Waals surface area (Å²) >= 11 is 0. The number of pyridine rings is 1. The van der Waals surface area contributed by atoms with Crippen LogP contribution in [0.15, 0.2) is 71.6 Å². The van der Waals surface area contributed by atoms with Gasteiger partial charge in [0.05, 0.1) is 36.2 Å². The van der Waals surface area contributed by atoms with Gasteiger partial charge in [-0.2, -0.15) is 18.2 Å². The Kier molecular flexibility index (Phi) is 7.88. The quantitative estimate of drug-likeness (QED) is 0.415. The number of allylic oxidation sites excluding steroid dienone is 5. The highest BCUT2D eigenvalue weighted by Gasteiger charge is 2.30. The number of alkyl halides is 3. The predicted molar refractivity (Wildman–Crippen MR) is 129 cm³/mol. The van der Waals surface area contributed by atoms with Crippen molar-refractivity contribution in [3.63, 3.8) is 0 Å². The Morgan fingerprint density at radius 3 is 2.34 bits per heavy atom. The number of hydrogen-bond acceptors (Lipinski definition) is 6. The number of hydrogen-bond donors (Lipinski definition) is 3. The number of anilines is 1. The van der Waals surface area contributed by atoms with Crippen LogP contribution in [-0.2, 0) is 6.18 Å². The lowest BCUT2D eigenvalue weighted by atomic mass is 10.1. The van der Waals surface area contributed by atoms with Crippen molar-refractivity contribution in [1.82, 2.24) is 14.5 Å². The highest BCUT2D eigenvalue weighted by Crippen LogP contribution is 2.31. The lowest BCUT2D eigenvalue weighted by Gasteiger charge is -2.18. The van der Waals surface area contributed by atoms with Crippen molar-refractivity contribution in [2.24, 2.45) is 0 Å². The second-order valence-electron chi connectivity index (χ2n) is 7.84. The third kappa shape index (κ3) is 5.84. The van der Waals surface area contributed by atoms with Crippen molar-refractivity contribution in [1.29, 1.82) is 0 Å². The average molecular weight is 486 g/mol. The van der Waals surface area contributed by atoms with Gasteiger partial charge in [0, 0.05) is 17.0 Å². The summed E-state index contributed by atoms with van der Waals surface area (Å²) in [5.41, 5.74) is 0.773. The molecule has 0 saturated heterocycles. The number of nitrogens with zero attached hydrogens (tertiary/aromatic N) is 3. The Morgan fingerprint density at radius 2 is 1.80 bits per heavy atom. The van der Waals surface area contributed by atoms with E-state index in [2.05, 4.69) is 21.9 Å². The largest absolute Gasteiger partial charge is 0.416 e. The highest BCUT2D eigenvalue weighted by molar-refractivity contribution is 5.92. The van der Waals surface area contributed by atoms with Crippen LogP contribution in [0.1, 0.15) is 25.1 Å². The summed E-state index contributed by atoms with van der Waals surface area (Å²) < 4.78 is 40.4. The zero-order chi connectivity index (χ0) is 25.8. The molecule has 2 aromatic heterocycles. The van der Waals surface area contributed by atoms with E-state index in [-0.39, 0.29) is 17.3 Å². The summed E-state index contributed by atoms with van der Waals surface area (Å²) in [6.07, 6.45) is 0.858. The van der Waals surface area contributed by atoms with Crippen LogP contribution < -0.4 is 10.9 Å². The number of aliphatic hydroxyl groups is 2. The molecule has 0 atom stereocenters. The third-order valence-electron chi connectivity index (χ3n) is 5.00. The summed E-state index contributed by atoms with van der Waals surface area (Å²) in [5.74, 6) is 0.0176. The van der Waals surface area contributed by atoms with Crippen molar-refractivity contribution in [3.8, 4) is 5.69 Å². The van der Waals surface area contributed by atoms with Gasteiger partial charge in [0.1, 0.15) is 0 Å². The highest BCUT2D eigenvalue weighted by atomic mass is 19.4. The van der Waals surface area contributed by atoms with Crippen LogP contribution in [0.2, 0.25) is 0 Å². The summed E-state index contributed by atoms with van der Waals surface area (Å²) in [6.45, 7) is 6.72. The number of benzene rings is 1. The first-order valence-electron chi connectivity index (χ1n) is 10.7. The molecule has 0 amide bonds. The zero-order valence-electron chi connectivity index (χ0n) is 19.2. The van der Waals surface area contributed by atoms with Gasteiger partial charge in [-0.3, -0.25) is 9.36 Å². The Labute approximate surface area is 199 Å². The van der Waals surface area contributed by atoms with Gasteiger partial charge in [-0.1, -0.05) is 30.4 Å². The van der Waals surface area contributed by atoms with E-state index in [0.717, 1.165) is 17.7 Å². The normalized spacial score (nSPS) is 12.6. The molecule has 0 aliphatic heterocycles. The van der Waals surface area contributed by atoms with Crippen LogP contribution >= 0.6 is 0 Å². The molecule has 2 heterocycles. The smallest absolute Gasteiger partial charge is 0.394 e. The number of rotatable bonds is 8. The molecule has 0 bridgehead atoms. The van der Waals surface area contributed by atoms with E-state index in [1.807, 2.05) is 6.92 Å². The van der Waals surface area contributed by atoms with Gasteiger partial charge in [0.25, 0.3) is 5.56 Å². The summed E-state index contributed by atoms with van der Waals surface area (Å²) in [7, 11) is 0. The number of fused-ring (bicyclic) bond motifs is 1. The SMILES string of the molecule is C=C(C)/C=C(\C=C/C)c1nc(NC(CO)CO)nc2c1ccc(=O)n2-c1ccc(C(F)(F)F)cc1.